The number of aliphatic hydroxyl groups excluding tert-OH is 1. The zero-order chi connectivity index (χ0) is 13.5. The number of halogens is 1. The fraction of sp³-hybridized carbons (Fsp3) is 0.462. The van der Waals surface area contributed by atoms with E-state index in [4.69, 9.17) is 23.1 Å². The lowest BCUT2D eigenvalue weighted by atomic mass is 10.1. The van der Waals surface area contributed by atoms with E-state index in [0.717, 1.165) is 41.5 Å². The molecule has 0 bridgehead atoms. The largest absolute Gasteiger partial charge is 0.396 e. The van der Waals surface area contributed by atoms with Crippen molar-refractivity contribution < 1.29 is 5.11 Å². The minimum Gasteiger partial charge on any atom is -0.396 e. The molecule has 100 valence electrons. The van der Waals surface area contributed by atoms with Crippen LogP contribution in [0, 0.1) is 0 Å². The van der Waals surface area contributed by atoms with Crippen molar-refractivity contribution in [2.75, 3.05) is 25.1 Å². The van der Waals surface area contributed by atoms with Gasteiger partial charge in [0.05, 0.1) is 0 Å². The number of rotatable bonds is 7. The molecule has 3 nitrogen and oxygen atoms in total. The van der Waals surface area contributed by atoms with Crippen LogP contribution >= 0.6 is 28.1 Å². The molecule has 0 aliphatic heterocycles. The van der Waals surface area contributed by atoms with Crippen molar-refractivity contribution in [2.24, 2.45) is 5.73 Å². The fourth-order valence-corrected chi connectivity index (χ4v) is 2.31. The van der Waals surface area contributed by atoms with E-state index >= 15 is 0 Å². The molecule has 0 amide bonds. The van der Waals surface area contributed by atoms with Gasteiger partial charge in [-0.05, 0) is 37.5 Å². The first-order chi connectivity index (χ1) is 8.56. The van der Waals surface area contributed by atoms with Gasteiger partial charge < -0.3 is 15.7 Å². The van der Waals surface area contributed by atoms with Gasteiger partial charge in [-0.3, -0.25) is 0 Å². The van der Waals surface area contributed by atoms with Crippen molar-refractivity contribution in [3.8, 4) is 0 Å². The fourth-order valence-electron chi connectivity index (χ4n) is 1.79. The number of nitrogens with two attached hydrogens (primary N) is 1. The van der Waals surface area contributed by atoms with Crippen LogP contribution in [-0.2, 0) is 0 Å². The lowest BCUT2D eigenvalue weighted by molar-refractivity contribution is 0.283. The number of nitrogens with zero attached hydrogens (tertiary/aromatic N) is 1. The number of hydrogen-bond acceptors (Lipinski definition) is 3. The molecule has 0 heterocycles. The van der Waals surface area contributed by atoms with Crippen LogP contribution < -0.4 is 10.6 Å². The van der Waals surface area contributed by atoms with E-state index in [9.17, 15) is 0 Å². The van der Waals surface area contributed by atoms with Crippen LogP contribution in [-0.4, -0.2) is 30.3 Å². The number of unbranched alkanes of at least 4 members (excludes halogenated alkanes) is 2. The maximum atomic E-state index is 8.75. The summed E-state index contributed by atoms with van der Waals surface area (Å²) in [6.45, 7) is 1.19. The molecule has 0 unspecified atom stereocenters. The highest BCUT2D eigenvalue weighted by molar-refractivity contribution is 9.10. The molecule has 0 aromatic heterocycles. The number of anilines is 1. The second-order valence-electron chi connectivity index (χ2n) is 4.23. The standard InChI is InChI=1S/C13H19BrN2OS/c1-16(7-3-2-4-8-17)12-9-10(14)5-6-11(12)13(15)18/h5-6,9,17H,2-4,7-8H2,1H3,(H2,15,18). The summed E-state index contributed by atoms with van der Waals surface area (Å²) in [5, 5.41) is 8.75. The normalized spacial score (nSPS) is 10.4. The van der Waals surface area contributed by atoms with Crippen LogP contribution in [0.3, 0.4) is 0 Å². The summed E-state index contributed by atoms with van der Waals surface area (Å²) < 4.78 is 1.01. The second-order valence-corrected chi connectivity index (χ2v) is 5.59. The van der Waals surface area contributed by atoms with Crippen LogP contribution in [0.1, 0.15) is 24.8 Å². The summed E-state index contributed by atoms with van der Waals surface area (Å²) in [5.74, 6) is 0. The molecule has 0 saturated carbocycles. The second kappa shape index (κ2) is 7.71. The van der Waals surface area contributed by atoms with E-state index in [0.29, 0.717) is 4.99 Å². The molecule has 18 heavy (non-hydrogen) atoms. The molecule has 0 aliphatic rings. The van der Waals surface area contributed by atoms with Gasteiger partial charge in [0, 0.05) is 35.9 Å². The number of aliphatic hydroxyl groups is 1. The summed E-state index contributed by atoms with van der Waals surface area (Å²) in [6, 6.07) is 5.91. The Morgan fingerprint density at radius 3 is 2.72 bits per heavy atom. The first-order valence-corrected chi connectivity index (χ1v) is 7.17. The highest BCUT2D eigenvalue weighted by atomic mass is 79.9. The Morgan fingerprint density at radius 2 is 2.11 bits per heavy atom. The Bertz CT molecular complexity index is 412. The van der Waals surface area contributed by atoms with Gasteiger partial charge in [0.1, 0.15) is 4.99 Å². The summed E-state index contributed by atoms with van der Waals surface area (Å²) in [5.41, 5.74) is 7.68. The number of thiocarbonyl (C=S) groups is 1. The maximum absolute atomic E-state index is 8.75. The van der Waals surface area contributed by atoms with Gasteiger partial charge in [-0.2, -0.15) is 0 Å². The van der Waals surface area contributed by atoms with Crippen molar-refractivity contribution in [3.63, 3.8) is 0 Å². The zero-order valence-electron chi connectivity index (χ0n) is 10.5. The van der Waals surface area contributed by atoms with Gasteiger partial charge in [-0.15, -0.1) is 0 Å². The third kappa shape index (κ3) is 4.55. The molecule has 0 radical (unpaired) electrons. The average Bonchev–Trinajstić information content (AvgIpc) is 2.34. The molecular formula is C13H19BrN2OS. The molecular weight excluding hydrogens is 312 g/mol. The summed E-state index contributed by atoms with van der Waals surface area (Å²) in [4.78, 5) is 2.57. The highest BCUT2D eigenvalue weighted by Crippen LogP contribution is 2.24. The van der Waals surface area contributed by atoms with Crippen molar-refractivity contribution in [1.82, 2.24) is 0 Å². The predicted octanol–water partition coefficient (Wildman–Crippen LogP) is 2.68. The van der Waals surface area contributed by atoms with E-state index in [-0.39, 0.29) is 6.61 Å². The minimum atomic E-state index is 0.263. The Morgan fingerprint density at radius 1 is 1.39 bits per heavy atom. The molecule has 5 heteroatoms. The van der Waals surface area contributed by atoms with E-state index in [2.05, 4.69) is 20.8 Å². The topological polar surface area (TPSA) is 49.5 Å². The van der Waals surface area contributed by atoms with Gasteiger partial charge in [0.25, 0.3) is 0 Å². The molecule has 0 aliphatic carbocycles. The third-order valence-electron chi connectivity index (χ3n) is 2.79. The number of benzene rings is 1. The van der Waals surface area contributed by atoms with Gasteiger partial charge in [0.2, 0.25) is 0 Å². The van der Waals surface area contributed by atoms with Crippen LogP contribution in [0.5, 0.6) is 0 Å². The van der Waals surface area contributed by atoms with E-state index in [1.165, 1.54) is 0 Å². The van der Waals surface area contributed by atoms with Gasteiger partial charge >= 0.3 is 0 Å². The van der Waals surface area contributed by atoms with E-state index in [1.807, 2.05) is 25.2 Å². The first kappa shape index (κ1) is 15.4. The van der Waals surface area contributed by atoms with Gasteiger partial charge in [0.15, 0.2) is 0 Å². The molecule has 1 aromatic rings. The SMILES string of the molecule is CN(CCCCCO)c1cc(Br)ccc1C(N)=S. The molecule has 0 saturated heterocycles. The van der Waals surface area contributed by atoms with Crippen molar-refractivity contribution in [3.05, 3.63) is 28.2 Å². The van der Waals surface area contributed by atoms with Crippen LogP contribution in [0.25, 0.3) is 0 Å². The summed E-state index contributed by atoms with van der Waals surface area (Å²) >= 11 is 8.53. The number of hydrogen-bond donors (Lipinski definition) is 2. The Kier molecular flexibility index (Phi) is 6.60. The van der Waals surface area contributed by atoms with E-state index in [1.54, 1.807) is 0 Å². The molecule has 0 fully saturated rings. The van der Waals surface area contributed by atoms with Crippen molar-refractivity contribution >= 4 is 38.8 Å². The maximum Gasteiger partial charge on any atom is 0.106 e. The quantitative estimate of drug-likeness (QED) is 0.596. The van der Waals surface area contributed by atoms with Crippen molar-refractivity contribution in [1.29, 1.82) is 0 Å². The van der Waals surface area contributed by atoms with Crippen LogP contribution in [0.2, 0.25) is 0 Å². The Hall–Kier alpha value is -0.650. The molecule has 3 N–H and O–H groups in total. The minimum absolute atomic E-state index is 0.263. The first-order valence-electron chi connectivity index (χ1n) is 5.97. The monoisotopic (exact) mass is 330 g/mol. The summed E-state index contributed by atoms with van der Waals surface area (Å²) in [6.07, 6.45) is 2.92. The molecule has 0 spiro atoms. The third-order valence-corrected chi connectivity index (χ3v) is 3.50. The van der Waals surface area contributed by atoms with Crippen LogP contribution in [0.15, 0.2) is 22.7 Å². The molecule has 0 atom stereocenters. The molecule has 1 aromatic carbocycles. The molecule has 1 rings (SSSR count). The highest BCUT2D eigenvalue weighted by Gasteiger charge is 2.10. The van der Waals surface area contributed by atoms with E-state index < -0.39 is 0 Å². The average molecular weight is 331 g/mol. The van der Waals surface area contributed by atoms with Crippen molar-refractivity contribution in [2.45, 2.75) is 19.3 Å². The van der Waals surface area contributed by atoms with Gasteiger partial charge in [-0.25, -0.2) is 0 Å². The van der Waals surface area contributed by atoms with Gasteiger partial charge in [-0.1, -0.05) is 28.1 Å². The Balaban J connectivity index is 2.74. The lowest BCUT2D eigenvalue weighted by Crippen LogP contribution is -2.23. The zero-order valence-corrected chi connectivity index (χ0v) is 12.9. The summed E-state index contributed by atoms with van der Waals surface area (Å²) in [7, 11) is 2.03. The lowest BCUT2D eigenvalue weighted by Gasteiger charge is -2.22. The smallest absolute Gasteiger partial charge is 0.106 e. The Labute approximate surface area is 122 Å². The predicted molar refractivity (Wildman–Crippen MR) is 84.2 cm³/mol. The van der Waals surface area contributed by atoms with Crippen LogP contribution in [0.4, 0.5) is 5.69 Å².